The van der Waals surface area contributed by atoms with E-state index >= 15 is 0 Å². The van der Waals surface area contributed by atoms with E-state index in [1.807, 2.05) is 36.4 Å². The Bertz CT molecular complexity index is 800. The average molecular weight is 320 g/mol. The summed E-state index contributed by atoms with van der Waals surface area (Å²) in [7, 11) is 0. The molecule has 4 nitrogen and oxygen atoms in total. The van der Waals surface area contributed by atoms with Gasteiger partial charge in [0.15, 0.2) is 0 Å². The third kappa shape index (κ3) is 2.48. The van der Waals surface area contributed by atoms with Crippen LogP contribution >= 0.6 is 0 Å². The van der Waals surface area contributed by atoms with Gasteiger partial charge in [-0.15, -0.1) is 0 Å². The lowest BCUT2D eigenvalue weighted by molar-refractivity contribution is -0.129. The van der Waals surface area contributed by atoms with Crippen LogP contribution < -0.4 is 5.32 Å². The lowest BCUT2D eigenvalue weighted by Gasteiger charge is -2.23. The van der Waals surface area contributed by atoms with Crippen molar-refractivity contribution in [3.63, 3.8) is 0 Å². The number of amides is 2. The number of nitrogens with one attached hydrogen (secondary N) is 1. The zero-order chi connectivity index (χ0) is 16.5. The fourth-order valence-electron chi connectivity index (χ4n) is 3.90. The van der Waals surface area contributed by atoms with Crippen LogP contribution in [-0.4, -0.2) is 17.2 Å². The normalized spacial score (nSPS) is 18.7. The summed E-state index contributed by atoms with van der Waals surface area (Å²) in [6, 6.07) is 13.3. The van der Waals surface area contributed by atoms with Gasteiger partial charge in [0.1, 0.15) is 6.04 Å². The highest BCUT2D eigenvalue weighted by molar-refractivity contribution is 5.98. The molecule has 0 saturated carbocycles. The molecule has 122 valence electrons. The van der Waals surface area contributed by atoms with E-state index in [1.165, 1.54) is 17.5 Å². The fraction of sp³-hybridized carbons (Fsp3) is 0.300. The van der Waals surface area contributed by atoms with Crippen molar-refractivity contribution >= 4 is 18.0 Å². The van der Waals surface area contributed by atoms with Gasteiger partial charge in [-0.2, -0.15) is 0 Å². The summed E-state index contributed by atoms with van der Waals surface area (Å²) in [5.41, 5.74) is 5.44. The standard InChI is InChI=1S/C20H20N2O2/c23-13-22-12-15-7-2-4-10-17(15)19(22)20(24)21-18-11-5-8-14-6-1-3-9-16(14)18/h2,4-5,7-8,10-11,13,19H,1,3,6,9,12H2,(H,21,24). The molecule has 0 saturated heterocycles. The maximum atomic E-state index is 12.9. The van der Waals surface area contributed by atoms with Gasteiger partial charge < -0.3 is 10.2 Å². The fourth-order valence-corrected chi connectivity index (χ4v) is 3.90. The minimum atomic E-state index is -0.543. The quantitative estimate of drug-likeness (QED) is 0.883. The van der Waals surface area contributed by atoms with E-state index in [1.54, 1.807) is 4.90 Å². The summed E-state index contributed by atoms with van der Waals surface area (Å²) in [6.45, 7) is 0.491. The number of hydrogen-bond acceptors (Lipinski definition) is 2. The molecule has 4 heteroatoms. The molecule has 1 unspecified atom stereocenters. The third-order valence-electron chi connectivity index (χ3n) is 5.07. The van der Waals surface area contributed by atoms with Crippen molar-refractivity contribution in [1.29, 1.82) is 0 Å². The summed E-state index contributed by atoms with van der Waals surface area (Å²) in [5, 5.41) is 3.08. The van der Waals surface area contributed by atoms with Gasteiger partial charge in [-0.1, -0.05) is 36.4 Å². The van der Waals surface area contributed by atoms with Crippen LogP contribution in [0.2, 0.25) is 0 Å². The second-order valence-corrected chi connectivity index (χ2v) is 6.52. The first-order chi connectivity index (χ1) is 11.8. The lowest BCUT2D eigenvalue weighted by Crippen LogP contribution is -2.32. The van der Waals surface area contributed by atoms with Crippen LogP contribution in [0.25, 0.3) is 0 Å². The molecule has 2 amide bonds. The Morgan fingerprint density at radius 3 is 2.71 bits per heavy atom. The second kappa shape index (κ2) is 6.11. The zero-order valence-electron chi connectivity index (χ0n) is 13.5. The Hall–Kier alpha value is -2.62. The lowest BCUT2D eigenvalue weighted by atomic mass is 9.90. The van der Waals surface area contributed by atoms with Crippen molar-refractivity contribution < 1.29 is 9.59 Å². The van der Waals surface area contributed by atoms with Gasteiger partial charge in [0, 0.05) is 12.2 Å². The Labute approximate surface area is 141 Å². The first kappa shape index (κ1) is 14.9. The summed E-state index contributed by atoms with van der Waals surface area (Å²) in [5.74, 6) is -0.133. The highest BCUT2D eigenvalue weighted by atomic mass is 16.2. The zero-order valence-corrected chi connectivity index (χ0v) is 13.5. The number of rotatable bonds is 3. The molecule has 0 radical (unpaired) electrons. The van der Waals surface area contributed by atoms with E-state index in [0.29, 0.717) is 6.54 Å². The van der Waals surface area contributed by atoms with E-state index in [2.05, 4.69) is 11.4 Å². The summed E-state index contributed by atoms with van der Waals surface area (Å²) < 4.78 is 0. The van der Waals surface area contributed by atoms with E-state index in [4.69, 9.17) is 0 Å². The van der Waals surface area contributed by atoms with Crippen LogP contribution in [0.1, 0.15) is 41.1 Å². The van der Waals surface area contributed by atoms with Crippen LogP contribution in [0.5, 0.6) is 0 Å². The molecule has 1 N–H and O–H groups in total. The van der Waals surface area contributed by atoms with Crippen molar-refractivity contribution in [2.75, 3.05) is 5.32 Å². The van der Waals surface area contributed by atoms with Gasteiger partial charge in [0.05, 0.1) is 0 Å². The molecule has 1 aliphatic carbocycles. The molecule has 1 atom stereocenters. The van der Waals surface area contributed by atoms with Crippen molar-refractivity contribution in [1.82, 2.24) is 4.90 Å². The molecule has 2 aromatic rings. The van der Waals surface area contributed by atoms with Gasteiger partial charge in [0.2, 0.25) is 6.41 Å². The van der Waals surface area contributed by atoms with Gasteiger partial charge in [0.25, 0.3) is 5.91 Å². The number of hydrogen-bond donors (Lipinski definition) is 1. The molecule has 0 aromatic heterocycles. The van der Waals surface area contributed by atoms with Crippen LogP contribution in [0.15, 0.2) is 42.5 Å². The number of anilines is 1. The van der Waals surface area contributed by atoms with Gasteiger partial charge >= 0.3 is 0 Å². The number of nitrogens with zero attached hydrogens (tertiary/aromatic N) is 1. The average Bonchev–Trinajstić information content (AvgIpc) is 3.01. The molecular weight excluding hydrogens is 300 g/mol. The molecular formula is C20H20N2O2. The Morgan fingerprint density at radius 2 is 1.83 bits per heavy atom. The smallest absolute Gasteiger partial charge is 0.251 e. The van der Waals surface area contributed by atoms with E-state index in [-0.39, 0.29) is 5.91 Å². The van der Waals surface area contributed by atoms with Crippen molar-refractivity contribution in [2.24, 2.45) is 0 Å². The van der Waals surface area contributed by atoms with Crippen molar-refractivity contribution in [3.05, 3.63) is 64.7 Å². The third-order valence-corrected chi connectivity index (χ3v) is 5.07. The SMILES string of the molecule is O=CN1Cc2ccccc2C1C(=O)Nc1cccc2c1CCCC2. The van der Waals surface area contributed by atoms with Crippen LogP contribution in [0.4, 0.5) is 5.69 Å². The molecule has 1 aliphatic heterocycles. The highest BCUT2D eigenvalue weighted by Crippen LogP contribution is 2.34. The second-order valence-electron chi connectivity index (χ2n) is 6.52. The number of aryl methyl sites for hydroxylation is 1. The van der Waals surface area contributed by atoms with Gasteiger partial charge in [-0.3, -0.25) is 9.59 Å². The number of carbonyl (C=O) groups excluding carboxylic acids is 2. The maximum absolute atomic E-state index is 12.9. The maximum Gasteiger partial charge on any atom is 0.251 e. The van der Waals surface area contributed by atoms with Crippen molar-refractivity contribution in [3.8, 4) is 0 Å². The number of fused-ring (bicyclic) bond motifs is 2. The van der Waals surface area contributed by atoms with E-state index in [9.17, 15) is 9.59 Å². The predicted octanol–water partition coefficient (Wildman–Crippen LogP) is 3.22. The monoisotopic (exact) mass is 320 g/mol. The predicted molar refractivity (Wildman–Crippen MR) is 92.5 cm³/mol. The Kier molecular flexibility index (Phi) is 3.81. The number of benzene rings is 2. The molecule has 0 bridgehead atoms. The highest BCUT2D eigenvalue weighted by Gasteiger charge is 2.34. The Morgan fingerprint density at radius 1 is 1.04 bits per heavy atom. The Balaban J connectivity index is 1.64. The number of carbonyl (C=O) groups is 2. The van der Waals surface area contributed by atoms with Crippen LogP contribution in [0.3, 0.4) is 0 Å². The minimum absolute atomic E-state index is 0.133. The molecule has 24 heavy (non-hydrogen) atoms. The van der Waals surface area contributed by atoms with Crippen molar-refractivity contribution in [2.45, 2.75) is 38.3 Å². The molecule has 0 spiro atoms. The topological polar surface area (TPSA) is 49.4 Å². The first-order valence-corrected chi connectivity index (χ1v) is 8.48. The molecule has 0 fully saturated rings. The first-order valence-electron chi connectivity index (χ1n) is 8.48. The molecule has 2 aromatic carbocycles. The van der Waals surface area contributed by atoms with Crippen LogP contribution in [-0.2, 0) is 29.0 Å². The molecule has 2 aliphatic rings. The van der Waals surface area contributed by atoms with E-state index < -0.39 is 6.04 Å². The molecule has 4 rings (SSSR count). The summed E-state index contributed by atoms with van der Waals surface area (Å²) in [6.07, 6.45) is 5.22. The summed E-state index contributed by atoms with van der Waals surface area (Å²) in [4.78, 5) is 25.9. The minimum Gasteiger partial charge on any atom is -0.325 e. The van der Waals surface area contributed by atoms with E-state index in [0.717, 1.165) is 42.5 Å². The summed E-state index contributed by atoms with van der Waals surface area (Å²) >= 11 is 0. The molecule has 1 heterocycles. The van der Waals surface area contributed by atoms with Crippen LogP contribution in [0, 0.1) is 0 Å². The largest absolute Gasteiger partial charge is 0.325 e. The van der Waals surface area contributed by atoms with Gasteiger partial charge in [-0.05, 0) is 54.0 Å². The van der Waals surface area contributed by atoms with Gasteiger partial charge in [-0.25, -0.2) is 0 Å².